The first-order valence-corrected chi connectivity index (χ1v) is 8.61. The highest BCUT2D eigenvalue weighted by Gasteiger charge is 2.30. The molecule has 0 saturated carbocycles. The minimum Gasteiger partial charge on any atom is -0.497 e. The molecule has 7 nitrogen and oxygen atoms in total. The number of hydrogen-bond acceptors (Lipinski definition) is 6. The van der Waals surface area contributed by atoms with E-state index in [1.165, 1.54) is 0 Å². The molecular formula is C19H24N4O3. The zero-order chi connectivity index (χ0) is 18.5. The molecule has 0 spiro atoms. The van der Waals surface area contributed by atoms with Crippen LogP contribution >= 0.6 is 0 Å². The summed E-state index contributed by atoms with van der Waals surface area (Å²) in [5.41, 5.74) is 0.951. The molecule has 7 heteroatoms. The maximum atomic E-state index is 12.7. The van der Waals surface area contributed by atoms with Crippen LogP contribution in [0.1, 0.15) is 12.0 Å². The molecule has 3 rings (SSSR count). The predicted molar refractivity (Wildman–Crippen MR) is 98.7 cm³/mol. The second-order valence-corrected chi connectivity index (χ2v) is 6.31. The third-order valence-electron chi connectivity index (χ3n) is 4.73. The van der Waals surface area contributed by atoms with Crippen molar-refractivity contribution >= 4 is 11.7 Å². The third kappa shape index (κ3) is 3.87. The number of benzene rings is 1. The maximum Gasteiger partial charge on any atom is 0.257 e. The Morgan fingerprint density at radius 3 is 2.85 bits per heavy atom. The van der Waals surface area contributed by atoms with Gasteiger partial charge in [-0.05, 0) is 24.1 Å². The molecule has 1 aliphatic heterocycles. The van der Waals surface area contributed by atoms with Gasteiger partial charge >= 0.3 is 0 Å². The molecule has 1 fully saturated rings. The van der Waals surface area contributed by atoms with E-state index in [4.69, 9.17) is 9.47 Å². The van der Waals surface area contributed by atoms with E-state index in [0.717, 1.165) is 36.6 Å². The Labute approximate surface area is 153 Å². The number of methoxy groups -OCH3 is 2. The first kappa shape index (κ1) is 18.0. The molecule has 0 N–H and O–H groups in total. The van der Waals surface area contributed by atoms with Crippen LogP contribution in [-0.4, -0.2) is 61.2 Å². The zero-order valence-electron chi connectivity index (χ0n) is 15.4. The molecule has 1 saturated heterocycles. The van der Waals surface area contributed by atoms with Crippen molar-refractivity contribution in [3.05, 3.63) is 42.2 Å². The number of carbonyl (C=O) groups is 1. The van der Waals surface area contributed by atoms with Gasteiger partial charge in [0.1, 0.15) is 5.75 Å². The topological polar surface area (TPSA) is 67.8 Å². The van der Waals surface area contributed by atoms with Crippen LogP contribution in [0.4, 0.5) is 5.82 Å². The molecule has 26 heavy (non-hydrogen) atoms. The summed E-state index contributed by atoms with van der Waals surface area (Å²) in [4.78, 5) is 25.2. The lowest BCUT2D eigenvalue weighted by Crippen LogP contribution is -2.40. The predicted octanol–water partition coefficient (Wildman–Crippen LogP) is 1.77. The van der Waals surface area contributed by atoms with E-state index < -0.39 is 0 Å². The smallest absolute Gasteiger partial charge is 0.257 e. The van der Waals surface area contributed by atoms with Gasteiger partial charge in [0, 0.05) is 32.5 Å². The van der Waals surface area contributed by atoms with E-state index in [1.54, 1.807) is 26.6 Å². The fourth-order valence-electron chi connectivity index (χ4n) is 3.21. The summed E-state index contributed by atoms with van der Waals surface area (Å²) in [5, 5.41) is 0. The quantitative estimate of drug-likeness (QED) is 0.786. The Morgan fingerprint density at radius 2 is 2.08 bits per heavy atom. The van der Waals surface area contributed by atoms with E-state index in [9.17, 15) is 4.79 Å². The Morgan fingerprint density at radius 1 is 1.27 bits per heavy atom. The Balaban J connectivity index is 1.63. The van der Waals surface area contributed by atoms with Crippen LogP contribution in [0.3, 0.4) is 0 Å². The Bertz CT molecular complexity index is 768. The second kappa shape index (κ2) is 8.03. The van der Waals surface area contributed by atoms with Crippen molar-refractivity contribution in [1.29, 1.82) is 0 Å². The SMILES string of the molecule is COc1cccc(CC(=O)N(C)C2CCN(c3nccnc3OC)C2)c1. The van der Waals surface area contributed by atoms with Crippen LogP contribution in [0, 0.1) is 0 Å². The van der Waals surface area contributed by atoms with E-state index in [1.807, 2.05) is 36.2 Å². The fourth-order valence-corrected chi connectivity index (χ4v) is 3.21. The molecule has 1 amide bonds. The summed E-state index contributed by atoms with van der Waals surface area (Å²) in [5.74, 6) is 2.10. The minimum absolute atomic E-state index is 0.0937. The van der Waals surface area contributed by atoms with Crippen molar-refractivity contribution in [1.82, 2.24) is 14.9 Å². The monoisotopic (exact) mass is 356 g/mol. The van der Waals surface area contributed by atoms with Gasteiger partial charge < -0.3 is 19.3 Å². The van der Waals surface area contributed by atoms with Crippen LogP contribution in [0.15, 0.2) is 36.7 Å². The summed E-state index contributed by atoms with van der Waals surface area (Å²) < 4.78 is 10.5. The van der Waals surface area contributed by atoms with Crippen molar-refractivity contribution < 1.29 is 14.3 Å². The van der Waals surface area contributed by atoms with Crippen molar-refractivity contribution in [2.24, 2.45) is 0 Å². The molecule has 0 radical (unpaired) electrons. The van der Waals surface area contributed by atoms with Gasteiger partial charge in [0.2, 0.25) is 5.91 Å². The molecule has 1 atom stereocenters. The average Bonchev–Trinajstić information content (AvgIpc) is 3.17. The molecule has 2 heterocycles. The van der Waals surface area contributed by atoms with Gasteiger partial charge in [-0.25, -0.2) is 9.97 Å². The second-order valence-electron chi connectivity index (χ2n) is 6.31. The lowest BCUT2D eigenvalue weighted by atomic mass is 10.1. The maximum absolute atomic E-state index is 12.7. The summed E-state index contributed by atoms with van der Waals surface area (Å²) in [7, 11) is 5.08. The van der Waals surface area contributed by atoms with Gasteiger partial charge in [-0.2, -0.15) is 0 Å². The van der Waals surface area contributed by atoms with Gasteiger partial charge in [0.05, 0.1) is 26.7 Å². The van der Waals surface area contributed by atoms with Crippen LogP contribution in [-0.2, 0) is 11.2 Å². The summed E-state index contributed by atoms with van der Waals surface area (Å²) in [6.07, 6.45) is 4.52. The molecule has 1 aromatic heterocycles. The van der Waals surface area contributed by atoms with Crippen LogP contribution < -0.4 is 14.4 Å². The highest BCUT2D eigenvalue weighted by atomic mass is 16.5. The number of amides is 1. The molecule has 0 aliphatic carbocycles. The number of likely N-dealkylation sites (N-methyl/N-ethyl adjacent to an activating group) is 1. The molecule has 1 aromatic carbocycles. The number of rotatable bonds is 6. The molecular weight excluding hydrogens is 332 g/mol. The van der Waals surface area contributed by atoms with Crippen molar-refractivity contribution in [2.45, 2.75) is 18.9 Å². The fraction of sp³-hybridized carbons (Fsp3) is 0.421. The molecule has 1 unspecified atom stereocenters. The summed E-state index contributed by atoms with van der Waals surface area (Å²) in [6.45, 7) is 1.53. The van der Waals surface area contributed by atoms with E-state index >= 15 is 0 Å². The highest BCUT2D eigenvalue weighted by molar-refractivity contribution is 5.79. The summed E-state index contributed by atoms with van der Waals surface area (Å²) >= 11 is 0. The minimum atomic E-state index is 0.0937. The lowest BCUT2D eigenvalue weighted by Gasteiger charge is -2.25. The number of ether oxygens (including phenoxy) is 2. The van der Waals surface area contributed by atoms with E-state index in [-0.39, 0.29) is 11.9 Å². The number of nitrogens with zero attached hydrogens (tertiary/aromatic N) is 4. The normalized spacial score (nSPS) is 16.4. The van der Waals surface area contributed by atoms with Gasteiger partial charge in [0.15, 0.2) is 5.82 Å². The first-order chi connectivity index (χ1) is 12.6. The average molecular weight is 356 g/mol. The Hall–Kier alpha value is -2.83. The number of carbonyl (C=O) groups excluding carboxylic acids is 1. The third-order valence-corrected chi connectivity index (χ3v) is 4.73. The number of hydrogen-bond donors (Lipinski definition) is 0. The van der Waals surface area contributed by atoms with E-state index in [0.29, 0.717) is 12.3 Å². The summed E-state index contributed by atoms with van der Waals surface area (Å²) in [6, 6.07) is 7.76. The first-order valence-electron chi connectivity index (χ1n) is 8.61. The molecule has 0 bridgehead atoms. The van der Waals surface area contributed by atoms with E-state index in [2.05, 4.69) is 14.9 Å². The largest absolute Gasteiger partial charge is 0.497 e. The van der Waals surface area contributed by atoms with Crippen molar-refractivity contribution in [3.8, 4) is 11.6 Å². The number of anilines is 1. The van der Waals surface area contributed by atoms with Crippen LogP contribution in [0.5, 0.6) is 11.6 Å². The molecule has 2 aromatic rings. The lowest BCUT2D eigenvalue weighted by molar-refractivity contribution is -0.130. The van der Waals surface area contributed by atoms with Crippen LogP contribution in [0.25, 0.3) is 0 Å². The standard InChI is InChI=1S/C19H24N4O3/c1-22(17(24)12-14-5-4-6-16(11-14)25-2)15-7-10-23(13-15)18-19(26-3)21-9-8-20-18/h4-6,8-9,11,15H,7,10,12-13H2,1-3H3. The Kier molecular flexibility index (Phi) is 5.55. The van der Waals surface area contributed by atoms with Gasteiger partial charge in [0.25, 0.3) is 5.88 Å². The van der Waals surface area contributed by atoms with Gasteiger partial charge in [-0.3, -0.25) is 4.79 Å². The van der Waals surface area contributed by atoms with Crippen LogP contribution in [0.2, 0.25) is 0 Å². The highest BCUT2D eigenvalue weighted by Crippen LogP contribution is 2.27. The molecule has 1 aliphatic rings. The van der Waals surface area contributed by atoms with Gasteiger partial charge in [-0.1, -0.05) is 12.1 Å². The number of aromatic nitrogens is 2. The van der Waals surface area contributed by atoms with Gasteiger partial charge in [-0.15, -0.1) is 0 Å². The van der Waals surface area contributed by atoms with Crippen molar-refractivity contribution in [2.75, 3.05) is 39.3 Å². The zero-order valence-corrected chi connectivity index (χ0v) is 15.4. The van der Waals surface area contributed by atoms with Crippen molar-refractivity contribution in [3.63, 3.8) is 0 Å². The molecule has 138 valence electrons.